The summed E-state index contributed by atoms with van der Waals surface area (Å²) < 4.78 is 18.5. The molecule has 0 atom stereocenters. The molecule has 0 saturated carbocycles. The van der Waals surface area contributed by atoms with Crippen molar-refractivity contribution in [3.63, 3.8) is 0 Å². The molecule has 0 amide bonds. The van der Waals surface area contributed by atoms with Crippen LogP contribution in [0, 0.1) is 12.7 Å². The maximum Gasteiger partial charge on any atom is 0.188 e. The van der Waals surface area contributed by atoms with E-state index in [1.165, 1.54) is 41.5 Å². The van der Waals surface area contributed by atoms with Gasteiger partial charge in [0.25, 0.3) is 0 Å². The largest absolute Gasteiger partial charge is 0.316 e. The van der Waals surface area contributed by atoms with Crippen molar-refractivity contribution in [2.45, 2.75) is 52.5 Å². The Kier molecular flexibility index (Phi) is 5.09. The summed E-state index contributed by atoms with van der Waals surface area (Å²) in [5.74, 6) is 0.743. The van der Waals surface area contributed by atoms with Gasteiger partial charge in [-0.05, 0) is 58.6 Å². The molecule has 0 unspecified atom stereocenters. The van der Waals surface area contributed by atoms with Gasteiger partial charge in [-0.2, -0.15) is 5.10 Å². The average molecular weight is 437 g/mol. The monoisotopic (exact) mass is 436 g/mol. The summed E-state index contributed by atoms with van der Waals surface area (Å²) in [6, 6.07) is 5.46. The second-order valence-electron chi connectivity index (χ2n) is 8.27. The molecule has 3 aromatic heterocycles. The fourth-order valence-electron chi connectivity index (χ4n) is 4.07. The summed E-state index contributed by atoms with van der Waals surface area (Å²) >= 11 is 1.52. The van der Waals surface area contributed by atoms with E-state index >= 15 is 0 Å². The van der Waals surface area contributed by atoms with Gasteiger partial charge in [0.05, 0.1) is 29.1 Å². The van der Waals surface area contributed by atoms with Crippen LogP contribution >= 0.6 is 11.3 Å². The molecular formula is C23H25FN6S. The van der Waals surface area contributed by atoms with Crippen molar-refractivity contribution in [3.05, 3.63) is 58.9 Å². The third-order valence-electron chi connectivity index (χ3n) is 5.63. The standard InChI is InChI=1S/C23H25FN6S/c1-14(2)30-22(17-6-4-5-7-19(17)28-30)27-23-26-20(12-31-23)16-8-9-21(18(24)10-16)29-11-15(3)25-13-29/h8-14H,4-7H2,1-3H3,(H,26,27). The summed E-state index contributed by atoms with van der Waals surface area (Å²) in [7, 11) is 0. The first-order valence-electron chi connectivity index (χ1n) is 10.6. The van der Waals surface area contributed by atoms with Gasteiger partial charge in [0.1, 0.15) is 11.6 Å². The first-order valence-corrected chi connectivity index (χ1v) is 11.5. The zero-order chi connectivity index (χ0) is 21.5. The van der Waals surface area contributed by atoms with Gasteiger partial charge in [0, 0.05) is 28.7 Å². The van der Waals surface area contributed by atoms with Gasteiger partial charge >= 0.3 is 0 Å². The minimum absolute atomic E-state index is 0.265. The van der Waals surface area contributed by atoms with Crippen LogP contribution in [-0.2, 0) is 12.8 Å². The zero-order valence-electron chi connectivity index (χ0n) is 17.9. The number of thiazole rings is 1. The Bertz CT molecular complexity index is 1230. The summed E-state index contributed by atoms with van der Waals surface area (Å²) in [5, 5.41) is 11.1. The third kappa shape index (κ3) is 3.76. The fraction of sp³-hybridized carbons (Fsp3) is 0.348. The number of benzene rings is 1. The van der Waals surface area contributed by atoms with E-state index in [1.807, 2.05) is 24.6 Å². The minimum atomic E-state index is -0.302. The number of rotatable bonds is 5. The van der Waals surface area contributed by atoms with E-state index in [4.69, 9.17) is 10.1 Å². The van der Waals surface area contributed by atoms with E-state index in [0.717, 1.165) is 40.7 Å². The Morgan fingerprint density at radius 2 is 2.03 bits per heavy atom. The van der Waals surface area contributed by atoms with Crippen molar-refractivity contribution in [3.8, 4) is 16.9 Å². The lowest BCUT2D eigenvalue weighted by Crippen LogP contribution is -2.08. The van der Waals surface area contributed by atoms with Crippen LogP contribution in [0.25, 0.3) is 16.9 Å². The normalized spacial score (nSPS) is 13.6. The highest BCUT2D eigenvalue weighted by molar-refractivity contribution is 7.14. The molecule has 1 aliphatic carbocycles. The lowest BCUT2D eigenvalue weighted by Gasteiger charge is -2.14. The van der Waals surface area contributed by atoms with E-state index in [0.29, 0.717) is 5.69 Å². The molecule has 4 aromatic rings. The highest BCUT2D eigenvalue weighted by atomic mass is 32.1. The molecule has 1 aromatic carbocycles. The van der Waals surface area contributed by atoms with Gasteiger partial charge in [-0.25, -0.2) is 19.0 Å². The summed E-state index contributed by atoms with van der Waals surface area (Å²) in [4.78, 5) is 8.91. The van der Waals surface area contributed by atoms with Crippen molar-refractivity contribution in [1.29, 1.82) is 0 Å². The predicted molar refractivity (Wildman–Crippen MR) is 122 cm³/mol. The molecule has 0 fully saturated rings. The molecule has 8 heteroatoms. The Morgan fingerprint density at radius 1 is 1.19 bits per heavy atom. The van der Waals surface area contributed by atoms with Crippen LogP contribution in [0.4, 0.5) is 15.3 Å². The van der Waals surface area contributed by atoms with Gasteiger partial charge in [0.2, 0.25) is 0 Å². The van der Waals surface area contributed by atoms with E-state index in [1.54, 1.807) is 17.0 Å². The van der Waals surface area contributed by atoms with E-state index < -0.39 is 0 Å². The lowest BCUT2D eigenvalue weighted by atomic mass is 9.97. The lowest BCUT2D eigenvalue weighted by molar-refractivity contribution is 0.531. The number of imidazole rings is 1. The number of fused-ring (bicyclic) bond motifs is 1. The Labute approximate surface area is 184 Å². The Morgan fingerprint density at radius 3 is 2.77 bits per heavy atom. The van der Waals surface area contributed by atoms with Crippen LogP contribution in [-0.4, -0.2) is 24.3 Å². The third-order valence-corrected chi connectivity index (χ3v) is 6.39. The molecule has 1 N–H and O–H groups in total. The van der Waals surface area contributed by atoms with Crippen LogP contribution < -0.4 is 5.32 Å². The van der Waals surface area contributed by atoms with Crippen molar-refractivity contribution in [2.75, 3.05) is 5.32 Å². The molecule has 1 aliphatic rings. The Balaban J connectivity index is 1.42. The van der Waals surface area contributed by atoms with Crippen LogP contribution in [0.15, 0.2) is 36.1 Å². The van der Waals surface area contributed by atoms with E-state index in [2.05, 4.69) is 28.8 Å². The maximum atomic E-state index is 14.8. The zero-order valence-corrected chi connectivity index (χ0v) is 18.7. The molecule has 6 nitrogen and oxygen atoms in total. The number of aromatic nitrogens is 5. The van der Waals surface area contributed by atoms with Crippen LogP contribution in [0.1, 0.15) is 49.7 Å². The maximum absolute atomic E-state index is 14.8. The molecular weight excluding hydrogens is 411 g/mol. The predicted octanol–water partition coefficient (Wildman–Crippen LogP) is 5.84. The van der Waals surface area contributed by atoms with Crippen LogP contribution in [0.5, 0.6) is 0 Å². The number of anilines is 2. The second-order valence-corrected chi connectivity index (χ2v) is 9.13. The quantitative estimate of drug-likeness (QED) is 0.427. The van der Waals surface area contributed by atoms with Crippen molar-refractivity contribution < 1.29 is 4.39 Å². The topological polar surface area (TPSA) is 60.6 Å². The van der Waals surface area contributed by atoms with E-state index in [9.17, 15) is 4.39 Å². The van der Waals surface area contributed by atoms with Gasteiger partial charge < -0.3 is 9.88 Å². The van der Waals surface area contributed by atoms with Crippen molar-refractivity contribution >= 4 is 22.3 Å². The van der Waals surface area contributed by atoms with Crippen molar-refractivity contribution in [1.82, 2.24) is 24.3 Å². The average Bonchev–Trinajstić information content (AvgIpc) is 3.47. The highest BCUT2D eigenvalue weighted by Gasteiger charge is 2.22. The Hall–Kier alpha value is -3.00. The number of hydrogen-bond acceptors (Lipinski definition) is 5. The molecule has 0 spiro atoms. The van der Waals surface area contributed by atoms with Crippen molar-refractivity contribution in [2.24, 2.45) is 0 Å². The number of aryl methyl sites for hydroxylation is 2. The molecule has 0 saturated heterocycles. The van der Waals surface area contributed by atoms with E-state index in [-0.39, 0.29) is 11.9 Å². The van der Waals surface area contributed by atoms with Gasteiger partial charge in [-0.15, -0.1) is 11.3 Å². The SMILES string of the molecule is Cc1cn(-c2ccc(-c3csc(Nc4c5c(nn4C(C)C)CCCC5)n3)cc2F)cn1. The first kappa shape index (κ1) is 19.9. The smallest absolute Gasteiger partial charge is 0.188 e. The summed E-state index contributed by atoms with van der Waals surface area (Å²) in [5.41, 5.74) is 5.34. The number of hydrogen-bond donors (Lipinski definition) is 1. The van der Waals surface area contributed by atoms with Crippen LogP contribution in [0.2, 0.25) is 0 Å². The number of nitrogens with one attached hydrogen (secondary N) is 1. The molecule has 3 heterocycles. The molecule has 5 rings (SSSR count). The van der Waals surface area contributed by atoms with Gasteiger partial charge in [-0.1, -0.05) is 6.07 Å². The summed E-state index contributed by atoms with van der Waals surface area (Å²) in [6.07, 6.45) is 7.90. The minimum Gasteiger partial charge on any atom is -0.316 e. The molecule has 160 valence electrons. The van der Waals surface area contributed by atoms with Crippen LogP contribution in [0.3, 0.4) is 0 Å². The molecule has 0 radical (unpaired) electrons. The number of nitrogens with zero attached hydrogens (tertiary/aromatic N) is 5. The van der Waals surface area contributed by atoms with Gasteiger partial charge in [0.15, 0.2) is 5.13 Å². The molecule has 0 bridgehead atoms. The molecule has 0 aliphatic heterocycles. The fourth-order valence-corrected chi connectivity index (χ4v) is 4.79. The second kappa shape index (κ2) is 7.92. The first-order chi connectivity index (χ1) is 15.0. The summed E-state index contributed by atoms with van der Waals surface area (Å²) in [6.45, 7) is 6.17. The molecule has 31 heavy (non-hydrogen) atoms. The van der Waals surface area contributed by atoms with Gasteiger partial charge in [-0.3, -0.25) is 0 Å². The highest BCUT2D eigenvalue weighted by Crippen LogP contribution is 2.34. The number of halogens is 1.